The Morgan fingerprint density at radius 1 is 1.41 bits per heavy atom. The van der Waals surface area contributed by atoms with Crippen LogP contribution in [-0.4, -0.2) is 43.6 Å². The Bertz CT molecular complexity index is 719. The average molecular weight is 304 g/mol. The second-order valence-electron chi connectivity index (χ2n) is 5.08. The zero-order chi connectivity index (χ0) is 15.7. The molecule has 8 nitrogen and oxygen atoms in total. The number of aromatic nitrogens is 3. The number of hydrogen-bond donors (Lipinski definition) is 3. The lowest BCUT2D eigenvalue weighted by Crippen LogP contribution is -2.28. The lowest BCUT2D eigenvalue weighted by atomic mass is 10.1. The molecule has 1 aliphatic rings. The zero-order valence-electron chi connectivity index (χ0n) is 11.7. The summed E-state index contributed by atoms with van der Waals surface area (Å²) in [6.07, 6.45) is 2.75. The van der Waals surface area contributed by atoms with E-state index in [4.69, 9.17) is 15.6 Å². The molecular formula is C14H16N4O4. The third kappa shape index (κ3) is 2.59. The van der Waals surface area contributed by atoms with Gasteiger partial charge >= 0.3 is 5.69 Å². The molecule has 1 fully saturated rings. The third-order valence-electron chi connectivity index (χ3n) is 3.67. The number of nitrogens with zero attached hydrogens (tertiary/aromatic N) is 3. The monoisotopic (exact) mass is 304 g/mol. The van der Waals surface area contributed by atoms with Gasteiger partial charge in [-0.15, -0.1) is 0 Å². The summed E-state index contributed by atoms with van der Waals surface area (Å²) in [6.45, 7) is -0.313. The molecule has 2 aromatic heterocycles. The van der Waals surface area contributed by atoms with Crippen LogP contribution in [-0.2, 0) is 4.74 Å². The fraction of sp³-hybridized carbons (Fsp3) is 0.357. The van der Waals surface area contributed by atoms with Crippen molar-refractivity contribution in [3.8, 4) is 11.1 Å². The summed E-state index contributed by atoms with van der Waals surface area (Å²) in [4.78, 5) is 19.8. The lowest BCUT2D eigenvalue weighted by molar-refractivity contribution is -0.0458. The van der Waals surface area contributed by atoms with E-state index in [1.165, 1.54) is 4.57 Å². The molecule has 0 bridgehead atoms. The van der Waals surface area contributed by atoms with Crippen LogP contribution >= 0.6 is 0 Å². The Hall–Kier alpha value is -2.29. The predicted molar refractivity (Wildman–Crippen MR) is 77.8 cm³/mol. The number of nitrogens with two attached hydrogens (primary N) is 1. The van der Waals surface area contributed by atoms with Gasteiger partial charge in [-0.25, -0.2) is 4.79 Å². The molecule has 3 heterocycles. The first-order valence-corrected chi connectivity index (χ1v) is 6.83. The van der Waals surface area contributed by atoms with Crippen LogP contribution in [0.3, 0.4) is 0 Å². The van der Waals surface area contributed by atoms with Gasteiger partial charge in [-0.3, -0.25) is 9.55 Å². The largest absolute Gasteiger partial charge is 0.394 e. The van der Waals surface area contributed by atoms with Crippen LogP contribution in [0.15, 0.2) is 35.5 Å². The number of hydrogen-bond acceptors (Lipinski definition) is 7. The topological polar surface area (TPSA) is 123 Å². The van der Waals surface area contributed by atoms with Crippen LogP contribution in [0.4, 0.5) is 5.82 Å². The molecule has 0 unspecified atom stereocenters. The minimum absolute atomic E-state index is 0.115. The van der Waals surface area contributed by atoms with E-state index >= 15 is 0 Å². The van der Waals surface area contributed by atoms with Crippen molar-refractivity contribution < 1.29 is 14.9 Å². The molecule has 4 N–H and O–H groups in total. The highest BCUT2D eigenvalue weighted by Crippen LogP contribution is 2.29. The van der Waals surface area contributed by atoms with Gasteiger partial charge in [0.15, 0.2) is 0 Å². The van der Waals surface area contributed by atoms with E-state index in [1.807, 2.05) is 0 Å². The molecule has 116 valence electrons. The van der Waals surface area contributed by atoms with E-state index in [2.05, 4.69) is 9.97 Å². The van der Waals surface area contributed by atoms with Crippen LogP contribution in [0, 0.1) is 0 Å². The maximum Gasteiger partial charge on any atom is 0.351 e. The highest BCUT2D eigenvalue weighted by atomic mass is 16.5. The SMILES string of the molecule is Nc1nc(=O)n([C@@H]2C[C@H](O)[C@@H](CO)O2)cc1-c1ccncc1. The van der Waals surface area contributed by atoms with Gasteiger partial charge in [-0.2, -0.15) is 4.98 Å². The molecule has 0 aliphatic carbocycles. The first-order valence-electron chi connectivity index (χ1n) is 6.83. The minimum atomic E-state index is -0.830. The predicted octanol–water partition coefficient (Wildman–Crippen LogP) is -0.472. The van der Waals surface area contributed by atoms with E-state index in [1.54, 1.807) is 30.7 Å². The van der Waals surface area contributed by atoms with E-state index in [0.717, 1.165) is 5.56 Å². The average Bonchev–Trinajstić information content (AvgIpc) is 2.89. The van der Waals surface area contributed by atoms with Gasteiger partial charge in [0.2, 0.25) is 0 Å². The van der Waals surface area contributed by atoms with Crippen molar-refractivity contribution in [3.63, 3.8) is 0 Å². The summed E-state index contributed by atoms with van der Waals surface area (Å²) >= 11 is 0. The molecule has 8 heteroatoms. The number of pyridine rings is 1. The maximum absolute atomic E-state index is 12.0. The van der Waals surface area contributed by atoms with Crippen molar-refractivity contribution in [2.45, 2.75) is 24.9 Å². The van der Waals surface area contributed by atoms with Crippen molar-refractivity contribution in [3.05, 3.63) is 41.2 Å². The van der Waals surface area contributed by atoms with Crippen molar-refractivity contribution in [1.82, 2.24) is 14.5 Å². The number of aliphatic hydroxyl groups is 2. The van der Waals surface area contributed by atoms with Gasteiger partial charge in [-0.05, 0) is 17.7 Å². The fourth-order valence-corrected chi connectivity index (χ4v) is 2.49. The number of nitrogen functional groups attached to an aromatic ring is 1. The molecular weight excluding hydrogens is 288 g/mol. The summed E-state index contributed by atoms with van der Waals surface area (Å²) in [6, 6.07) is 3.51. The van der Waals surface area contributed by atoms with Gasteiger partial charge in [0.05, 0.1) is 12.7 Å². The summed E-state index contributed by atoms with van der Waals surface area (Å²) in [5.41, 5.74) is 6.61. The molecule has 0 spiro atoms. The molecule has 2 aromatic rings. The van der Waals surface area contributed by atoms with E-state index in [-0.39, 0.29) is 18.8 Å². The Balaban J connectivity index is 2.01. The van der Waals surface area contributed by atoms with E-state index in [9.17, 15) is 9.90 Å². The van der Waals surface area contributed by atoms with Gasteiger partial charge in [0.1, 0.15) is 18.1 Å². The second kappa shape index (κ2) is 5.84. The van der Waals surface area contributed by atoms with Gasteiger partial charge in [0.25, 0.3) is 0 Å². The Labute approximate surface area is 125 Å². The standard InChI is InChI=1S/C14H16N4O4/c15-13-9(8-1-3-16-4-2-8)6-18(14(21)17-13)12-5-10(20)11(7-19)22-12/h1-4,6,10-12,19-20H,5,7H2,(H2,15,17,21)/t10-,11+,12-/m0/s1. The number of aliphatic hydroxyl groups excluding tert-OH is 2. The lowest BCUT2D eigenvalue weighted by Gasteiger charge is -2.16. The van der Waals surface area contributed by atoms with Crippen LogP contribution in [0.2, 0.25) is 0 Å². The number of rotatable bonds is 3. The van der Waals surface area contributed by atoms with Crippen LogP contribution < -0.4 is 11.4 Å². The van der Waals surface area contributed by atoms with Gasteiger partial charge in [-0.1, -0.05) is 0 Å². The molecule has 22 heavy (non-hydrogen) atoms. The summed E-state index contributed by atoms with van der Waals surface area (Å²) in [5.74, 6) is 0.115. The van der Waals surface area contributed by atoms with Crippen molar-refractivity contribution in [2.75, 3.05) is 12.3 Å². The second-order valence-corrected chi connectivity index (χ2v) is 5.08. The maximum atomic E-state index is 12.0. The molecule has 3 atom stereocenters. The minimum Gasteiger partial charge on any atom is -0.394 e. The summed E-state index contributed by atoms with van der Waals surface area (Å²) < 4.78 is 6.77. The van der Waals surface area contributed by atoms with Crippen molar-refractivity contribution in [2.24, 2.45) is 0 Å². The third-order valence-corrected chi connectivity index (χ3v) is 3.67. The quantitative estimate of drug-likeness (QED) is 0.700. The molecule has 1 saturated heterocycles. The summed E-state index contributed by atoms with van der Waals surface area (Å²) in [7, 11) is 0. The highest BCUT2D eigenvalue weighted by Gasteiger charge is 2.35. The van der Waals surface area contributed by atoms with Crippen LogP contribution in [0.1, 0.15) is 12.6 Å². The molecule has 0 saturated carbocycles. The normalized spacial score (nSPS) is 24.5. The fourth-order valence-electron chi connectivity index (χ4n) is 2.49. The van der Waals surface area contributed by atoms with Crippen molar-refractivity contribution >= 4 is 5.82 Å². The first-order chi connectivity index (χ1) is 10.6. The highest BCUT2D eigenvalue weighted by molar-refractivity contribution is 5.72. The molecule has 3 rings (SSSR count). The van der Waals surface area contributed by atoms with Crippen molar-refractivity contribution in [1.29, 1.82) is 0 Å². The summed E-state index contributed by atoms with van der Waals surface area (Å²) in [5, 5.41) is 18.9. The number of anilines is 1. The van der Waals surface area contributed by atoms with E-state index in [0.29, 0.717) is 5.56 Å². The Morgan fingerprint density at radius 2 is 2.14 bits per heavy atom. The Morgan fingerprint density at radius 3 is 2.77 bits per heavy atom. The molecule has 0 aromatic carbocycles. The first kappa shape index (κ1) is 14.6. The molecule has 0 amide bonds. The Kier molecular flexibility index (Phi) is 3.88. The van der Waals surface area contributed by atoms with Gasteiger partial charge < -0.3 is 20.7 Å². The van der Waals surface area contributed by atoms with Gasteiger partial charge in [0, 0.05) is 30.6 Å². The van der Waals surface area contributed by atoms with E-state index < -0.39 is 24.1 Å². The molecule has 1 aliphatic heterocycles. The zero-order valence-corrected chi connectivity index (χ0v) is 11.7. The smallest absolute Gasteiger partial charge is 0.351 e. The number of ether oxygens (including phenoxy) is 1. The van der Waals surface area contributed by atoms with Crippen LogP contribution in [0.25, 0.3) is 11.1 Å². The van der Waals surface area contributed by atoms with Crippen LogP contribution in [0.5, 0.6) is 0 Å². The molecule has 0 radical (unpaired) electrons.